The second kappa shape index (κ2) is 13.3. The van der Waals surface area contributed by atoms with Crippen molar-refractivity contribution >= 4 is 45.2 Å². The van der Waals surface area contributed by atoms with Gasteiger partial charge < -0.3 is 29.6 Å². The van der Waals surface area contributed by atoms with Crippen molar-refractivity contribution in [3.05, 3.63) is 36.0 Å². The van der Waals surface area contributed by atoms with Crippen LogP contribution in [0.25, 0.3) is 21.9 Å². The van der Waals surface area contributed by atoms with E-state index in [1.807, 2.05) is 35.3 Å². The average molecular weight is 676 g/mol. The molecule has 13 nitrogen and oxygen atoms in total. The highest BCUT2D eigenvalue weighted by atomic mass is 32.1. The first-order valence-corrected chi connectivity index (χ1v) is 17.7. The van der Waals surface area contributed by atoms with Crippen LogP contribution in [0, 0.1) is 11.8 Å². The number of rotatable bonds is 7. The van der Waals surface area contributed by atoms with Gasteiger partial charge in [-0.1, -0.05) is 25.0 Å². The number of thiophene rings is 1. The Morgan fingerprint density at radius 3 is 2.79 bits per heavy atom. The molecule has 48 heavy (non-hydrogen) atoms. The Morgan fingerprint density at radius 2 is 2.02 bits per heavy atom. The number of imidazole rings is 1. The summed E-state index contributed by atoms with van der Waals surface area (Å²) in [6.45, 7) is 0.106. The van der Waals surface area contributed by atoms with E-state index in [0.29, 0.717) is 48.2 Å². The number of ether oxygens (including phenoxy) is 2. The molecule has 1 saturated heterocycles. The van der Waals surface area contributed by atoms with Crippen LogP contribution in [0.2, 0.25) is 0 Å². The van der Waals surface area contributed by atoms with Crippen LogP contribution in [0.4, 0.5) is 0 Å². The van der Waals surface area contributed by atoms with Gasteiger partial charge in [0.05, 0.1) is 19.2 Å². The molecule has 0 radical (unpaired) electrons. The molecule has 5 atom stereocenters. The van der Waals surface area contributed by atoms with E-state index < -0.39 is 35.6 Å². The Kier molecular flexibility index (Phi) is 8.92. The molecular formula is C34H41N7O6S. The quantitative estimate of drug-likeness (QED) is 0.283. The second-order valence-corrected chi connectivity index (χ2v) is 14.3. The highest BCUT2D eigenvalue weighted by molar-refractivity contribution is 7.17. The fraction of sp³-hybridized carbons (Fsp3) is 0.559. The molecule has 7 rings (SSSR count). The number of methoxy groups -OCH3 is 1. The van der Waals surface area contributed by atoms with Crippen molar-refractivity contribution in [3.8, 4) is 17.5 Å². The number of fused-ring (bicyclic) bond motifs is 3. The number of nitrogens with zero attached hydrogens (tertiary/aromatic N) is 5. The van der Waals surface area contributed by atoms with Crippen LogP contribution >= 0.6 is 11.3 Å². The highest BCUT2D eigenvalue weighted by Gasteiger charge is 2.62. The predicted molar refractivity (Wildman–Crippen MR) is 177 cm³/mol. The summed E-state index contributed by atoms with van der Waals surface area (Å²) in [5, 5.41) is 7.89. The van der Waals surface area contributed by atoms with Crippen LogP contribution in [0.3, 0.4) is 0 Å². The molecule has 2 N–H and O–H groups in total. The first kappa shape index (κ1) is 32.2. The lowest BCUT2D eigenvalue weighted by Gasteiger charge is -2.29. The molecule has 0 unspecified atom stereocenters. The van der Waals surface area contributed by atoms with Gasteiger partial charge in [0.1, 0.15) is 28.4 Å². The molecule has 4 aliphatic rings. The summed E-state index contributed by atoms with van der Waals surface area (Å²) in [5.41, 5.74) is -0.475. The molecule has 2 aliphatic heterocycles. The molecule has 0 aromatic carbocycles. The number of nitrogens with one attached hydrogen (secondary N) is 2. The van der Waals surface area contributed by atoms with E-state index in [9.17, 15) is 19.2 Å². The van der Waals surface area contributed by atoms with Gasteiger partial charge in [0.15, 0.2) is 11.6 Å². The van der Waals surface area contributed by atoms with Gasteiger partial charge in [-0.2, -0.15) is 4.98 Å². The van der Waals surface area contributed by atoms with Crippen molar-refractivity contribution in [2.24, 2.45) is 18.9 Å². The van der Waals surface area contributed by atoms with Crippen LogP contribution in [0.5, 0.6) is 5.88 Å². The molecule has 254 valence electrons. The maximum Gasteiger partial charge on any atom is 0.332 e. The summed E-state index contributed by atoms with van der Waals surface area (Å²) in [5.74, 6) is 0.0799. The molecule has 3 aromatic rings. The second-order valence-electron chi connectivity index (χ2n) is 13.4. The minimum absolute atomic E-state index is 0.106. The van der Waals surface area contributed by atoms with Gasteiger partial charge in [-0.25, -0.2) is 14.8 Å². The van der Waals surface area contributed by atoms with Crippen molar-refractivity contribution in [1.82, 2.24) is 35.1 Å². The van der Waals surface area contributed by atoms with Crippen LogP contribution in [0.1, 0.15) is 64.2 Å². The Balaban J connectivity index is 1.19. The zero-order valence-corrected chi connectivity index (χ0v) is 28.0. The summed E-state index contributed by atoms with van der Waals surface area (Å²) in [6, 6.07) is 0.183. The Morgan fingerprint density at radius 1 is 1.17 bits per heavy atom. The van der Waals surface area contributed by atoms with E-state index in [1.54, 1.807) is 6.20 Å². The largest absolute Gasteiger partial charge is 0.471 e. The Hall–Kier alpha value is -4.33. The Bertz CT molecular complexity index is 1750. The van der Waals surface area contributed by atoms with E-state index >= 15 is 0 Å². The van der Waals surface area contributed by atoms with Crippen LogP contribution in [0.15, 0.2) is 36.0 Å². The van der Waals surface area contributed by atoms with Gasteiger partial charge in [-0.05, 0) is 55.9 Å². The first-order valence-electron chi connectivity index (χ1n) is 16.8. The minimum Gasteiger partial charge on any atom is -0.471 e. The lowest BCUT2D eigenvalue weighted by molar-refractivity contribution is -0.148. The fourth-order valence-corrected chi connectivity index (χ4v) is 7.67. The molecule has 3 aromatic heterocycles. The molecular weight excluding hydrogens is 634 g/mol. The standard InChI is InChI=1S/C34H41N7O6S/c1-40-14-13-35-29(40)28-37-23-12-15-48-27(23)31(38-28)47-22-17-25-30(43)39-34(33(45)46-2)18-21(34)8-6-4-3-5-7-9-24(32(44)41(25)19-22)36-26(42)16-20-10-11-20/h6,8,12-15,20-22,24-25H,3-5,7,9-11,16-19H2,1-2H3,(H,36,42)(H,39,43)/b8-6-/t21-,22+,24-,25-,34+/m0/s1. The van der Waals surface area contributed by atoms with E-state index in [0.717, 1.165) is 43.2 Å². The predicted octanol–water partition coefficient (Wildman–Crippen LogP) is 3.29. The molecule has 2 aliphatic carbocycles. The minimum atomic E-state index is -1.18. The van der Waals surface area contributed by atoms with Gasteiger partial charge in [-0.15, -0.1) is 11.3 Å². The third-order valence-corrected chi connectivity index (χ3v) is 10.8. The zero-order valence-electron chi connectivity index (χ0n) is 27.2. The van der Waals surface area contributed by atoms with Crippen molar-refractivity contribution in [3.63, 3.8) is 0 Å². The Labute approximate surface area is 282 Å². The molecule has 2 saturated carbocycles. The lowest BCUT2D eigenvalue weighted by atomic mass is 10.0. The number of aromatic nitrogens is 4. The maximum absolute atomic E-state index is 14.4. The van der Waals surface area contributed by atoms with Crippen molar-refractivity contribution in [1.29, 1.82) is 0 Å². The zero-order chi connectivity index (χ0) is 33.4. The van der Waals surface area contributed by atoms with E-state index in [2.05, 4.69) is 26.7 Å². The lowest BCUT2D eigenvalue weighted by Crippen LogP contribution is -2.56. The van der Waals surface area contributed by atoms with E-state index in [4.69, 9.17) is 14.5 Å². The van der Waals surface area contributed by atoms with Crippen LogP contribution in [-0.4, -0.2) is 85.5 Å². The summed E-state index contributed by atoms with van der Waals surface area (Å²) in [7, 11) is 3.17. The molecule has 5 heterocycles. The fourth-order valence-electron chi connectivity index (χ4n) is 6.91. The number of amides is 3. The van der Waals surface area contributed by atoms with Gasteiger partial charge in [-0.3, -0.25) is 14.4 Å². The SMILES string of the molecule is COC(=O)[C@@]12C[C@@H]1/C=C\CCCCC[C@H](NC(=O)CC1CC1)C(=O)N1C[C@H](Oc3nc(-c4nccn4C)nc4ccsc34)C[C@H]1C(=O)N2. The number of aryl methyl sites for hydroxylation is 1. The normalized spacial score (nSPS) is 28.4. The number of hydrogen-bond donors (Lipinski definition) is 2. The van der Waals surface area contributed by atoms with Gasteiger partial charge in [0.25, 0.3) is 0 Å². The topological polar surface area (TPSA) is 158 Å². The molecule has 3 fully saturated rings. The van der Waals surface area contributed by atoms with Crippen LogP contribution < -0.4 is 15.4 Å². The maximum atomic E-state index is 14.4. The summed E-state index contributed by atoms with van der Waals surface area (Å²) in [4.78, 5) is 69.8. The summed E-state index contributed by atoms with van der Waals surface area (Å²) < 4.78 is 14.2. The first-order chi connectivity index (χ1) is 23.3. The van der Waals surface area contributed by atoms with E-state index in [1.165, 1.54) is 23.3 Å². The van der Waals surface area contributed by atoms with Gasteiger partial charge in [0, 0.05) is 38.2 Å². The van der Waals surface area contributed by atoms with Crippen molar-refractivity contribution in [2.45, 2.75) is 87.9 Å². The number of allylic oxidation sites excluding steroid dienone is 1. The highest BCUT2D eigenvalue weighted by Crippen LogP contribution is 2.46. The molecule has 3 amide bonds. The van der Waals surface area contributed by atoms with Crippen molar-refractivity contribution in [2.75, 3.05) is 13.7 Å². The van der Waals surface area contributed by atoms with E-state index in [-0.39, 0.29) is 30.7 Å². The van der Waals surface area contributed by atoms with Gasteiger partial charge in [0.2, 0.25) is 23.6 Å². The molecule has 0 spiro atoms. The number of carbonyl (C=O) groups excluding carboxylic acids is 4. The van der Waals surface area contributed by atoms with Crippen LogP contribution in [-0.2, 0) is 31.0 Å². The third kappa shape index (κ3) is 6.54. The number of esters is 1. The number of carbonyl (C=O) groups is 4. The number of hydrogen-bond acceptors (Lipinski definition) is 10. The average Bonchev–Trinajstić information content (AvgIpc) is 3.79. The van der Waals surface area contributed by atoms with Crippen molar-refractivity contribution < 1.29 is 28.7 Å². The molecule has 14 heteroatoms. The molecule has 0 bridgehead atoms. The summed E-state index contributed by atoms with van der Waals surface area (Å²) in [6.07, 6.45) is 13.8. The van der Waals surface area contributed by atoms with Gasteiger partial charge >= 0.3 is 5.97 Å². The summed E-state index contributed by atoms with van der Waals surface area (Å²) >= 11 is 1.44. The monoisotopic (exact) mass is 675 g/mol. The smallest absolute Gasteiger partial charge is 0.332 e. The third-order valence-electron chi connectivity index (χ3n) is 9.87.